The first kappa shape index (κ1) is 14.7. The molecule has 0 saturated heterocycles. The van der Waals surface area contributed by atoms with Crippen molar-refractivity contribution in [3.63, 3.8) is 0 Å². The monoisotopic (exact) mass is 367 g/mol. The van der Waals surface area contributed by atoms with Crippen molar-refractivity contribution in [3.05, 3.63) is 21.0 Å². The zero-order valence-corrected chi connectivity index (χ0v) is 12.7. The van der Waals surface area contributed by atoms with E-state index in [1.165, 1.54) is 0 Å². The predicted octanol–water partition coefficient (Wildman–Crippen LogP) is 3.02. The molecule has 0 bridgehead atoms. The number of ether oxygens (including phenoxy) is 1. The van der Waals surface area contributed by atoms with Crippen LogP contribution in [-0.4, -0.2) is 18.6 Å². The molecule has 2 N–H and O–H groups in total. The minimum absolute atomic E-state index is 0.107. The average molecular weight is 369 g/mol. The summed E-state index contributed by atoms with van der Waals surface area (Å²) >= 11 is 6.59. The smallest absolute Gasteiger partial charge is 0.305 e. The van der Waals surface area contributed by atoms with Crippen LogP contribution in [-0.2, 0) is 16.0 Å². The standard InChI is InChI=1S/C11H15Br2NO3/c1-2-16-10(15)4-3-7(14)5-8-6-9(12)11(13)17-8/h6-7H,2-5,14H2,1H3. The van der Waals surface area contributed by atoms with Gasteiger partial charge in [0.05, 0.1) is 11.1 Å². The Hall–Kier alpha value is -0.330. The number of hydrogen-bond donors (Lipinski definition) is 1. The fraction of sp³-hybridized carbons (Fsp3) is 0.545. The summed E-state index contributed by atoms with van der Waals surface area (Å²) in [6, 6.07) is 1.76. The van der Waals surface area contributed by atoms with Gasteiger partial charge in [-0.3, -0.25) is 4.79 Å². The van der Waals surface area contributed by atoms with Crippen LogP contribution in [0.5, 0.6) is 0 Å². The number of rotatable bonds is 6. The lowest BCUT2D eigenvalue weighted by Crippen LogP contribution is -2.24. The van der Waals surface area contributed by atoms with Crippen molar-refractivity contribution in [2.24, 2.45) is 5.73 Å². The van der Waals surface area contributed by atoms with E-state index in [2.05, 4.69) is 31.9 Å². The Balaban J connectivity index is 2.34. The molecule has 1 aromatic rings. The van der Waals surface area contributed by atoms with Gasteiger partial charge in [0.25, 0.3) is 0 Å². The molecule has 0 saturated carbocycles. The number of hydrogen-bond acceptors (Lipinski definition) is 4. The van der Waals surface area contributed by atoms with Crippen LogP contribution in [0.25, 0.3) is 0 Å². The lowest BCUT2D eigenvalue weighted by molar-refractivity contribution is -0.143. The highest BCUT2D eigenvalue weighted by atomic mass is 79.9. The molecule has 1 rings (SSSR count). The Morgan fingerprint density at radius 3 is 2.82 bits per heavy atom. The van der Waals surface area contributed by atoms with E-state index in [1.54, 1.807) is 6.92 Å². The third kappa shape index (κ3) is 5.23. The maximum atomic E-state index is 11.1. The molecule has 0 aliphatic heterocycles. The molecule has 0 aliphatic rings. The first-order valence-electron chi connectivity index (χ1n) is 5.37. The van der Waals surface area contributed by atoms with Gasteiger partial charge < -0.3 is 14.9 Å². The molecule has 0 fully saturated rings. The maximum Gasteiger partial charge on any atom is 0.305 e. The van der Waals surface area contributed by atoms with Crippen LogP contribution in [0, 0.1) is 0 Å². The van der Waals surface area contributed by atoms with Crippen LogP contribution in [0.1, 0.15) is 25.5 Å². The number of halogens is 2. The SMILES string of the molecule is CCOC(=O)CCC(N)Cc1cc(Br)c(Br)o1. The van der Waals surface area contributed by atoms with Crippen molar-refractivity contribution in [1.82, 2.24) is 0 Å². The van der Waals surface area contributed by atoms with E-state index < -0.39 is 0 Å². The highest BCUT2D eigenvalue weighted by Crippen LogP contribution is 2.27. The van der Waals surface area contributed by atoms with E-state index in [4.69, 9.17) is 14.9 Å². The van der Waals surface area contributed by atoms with Crippen molar-refractivity contribution in [2.45, 2.75) is 32.2 Å². The van der Waals surface area contributed by atoms with Crippen LogP contribution in [0.4, 0.5) is 0 Å². The highest BCUT2D eigenvalue weighted by Gasteiger charge is 2.12. The fourth-order valence-electron chi connectivity index (χ4n) is 1.39. The Morgan fingerprint density at radius 1 is 1.59 bits per heavy atom. The topological polar surface area (TPSA) is 65.5 Å². The quantitative estimate of drug-likeness (QED) is 0.784. The Labute approximate surface area is 117 Å². The molecule has 96 valence electrons. The van der Waals surface area contributed by atoms with Crippen LogP contribution in [0.15, 0.2) is 19.6 Å². The second-order valence-corrected chi connectivity index (χ2v) is 5.22. The van der Waals surface area contributed by atoms with E-state index in [0.29, 0.717) is 30.5 Å². The van der Waals surface area contributed by atoms with Gasteiger partial charge in [0.1, 0.15) is 5.76 Å². The summed E-state index contributed by atoms with van der Waals surface area (Å²) in [4.78, 5) is 11.1. The number of carbonyl (C=O) groups excluding carboxylic acids is 1. The summed E-state index contributed by atoms with van der Waals surface area (Å²) in [6.45, 7) is 2.20. The molecule has 0 aromatic carbocycles. The van der Waals surface area contributed by atoms with Gasteiger partial charge in [-0.05, 0) is 51.3 Å². The Morgan fingerprint density at radius 2 is 2.29 bits per heavy atom. The normalized spacial score (nSPS) is 12.5. The number of carbonyl (C=O) groups is 1. The van der Waals surface area contributed by atoms with E-state index in [9.17, 15) is 4.79 Å². The maximum absolute atomic E-state index is 11.1. The Bertz CT molecular complexity index is 359. The van der Waals surface area contributed by atoms with Crippen LogP contribution < -0.4 is 5.73 Å². The molecule has 1 atom stereocenters. The molecular weight excluding hydrogens is 354 g/mol. The minimum Gasteiger partial charge on any atom is -0.466 e. The van der Waals surface area contributed by atoms with E-state index in [1.807, 2.05) is 6.07 Å². The van der Waals surface area contributed by atoms with Gasteiger partial charge in [0.15, 0.2) is 4.67 Å². The molecule has 0 spiro atoms. The molecule has 1 heterocycles. The molecular formula is C11H15Br2NO3. The van der Waals surface area contributed by atoms with Gasteiger partial charge in [-0.25, -0.2) is 0 Å². The van der Waals surface area contributed by atoms with Gasteiger partial charge in [-0.2, -0.15) is 0 Å². The van der Waals surface area contributed by atoms with E-state index >= 15 is 0 Å². The molecule has 1 unspecified atom stereocenters. The number of nitrogens with two attached hydrogens (primary N) is 1. The molecule has 1 aromatic heterocycles. The minimum atomic E-state index is -0.204. The summed E-state index contributed by atoms with van der Waals surface area (Å²) in [5, 5.41) is 0. The fourth-order valence-corrected chi connectivity index (χ4v) is 2.05. The van der Waals surface area contributed by atoms with Crippen molar-refractivity contribution >= 4 is 37.8 Å². The molecule has 0 aliphatic carbocycles. The third-order valence-corrected chi connectivity index (χ3v) is 3.89. The summed E-state index contributed by atoms with van der Waals surface area (Å²) in [6.07, 6.45) is 1.54. The van der Waals surface area contributed by atoms with E-state index in [0.717, 1.165) is 10.2 Å². The van der Waals surface area contributed by atoms with Crippen molar-refractivity contribution in [2.75, 3.05) is 6.61 Å². The third-order valence-electron chi connectivity index (χ3n) is 2.18. The summed E-state index contributed by atoms with van der Waals surface area (Å²) in [7, 11) is 0. The van der Waals surface area contributed by atoms with Gasteiger partial charge in [0, 0.05) is 18.9 Å². The number of furan rings is 1. The van der Waals surface area contributed by atoms with E-state index in [-0.39, 0.29) is 12.0 Å². The average Bonchev–Trinajstić information content (AvgIpc) is 2.55. The van der Waals surface area contributed by atoms with Crippen LogP contribution in [0.3, 0.4) is 0 Å². The molecule has 0 radical (unpaired) electrons. The lowest BCUT2D eigenvalue weighted by atomic mass is 10.1. The summed E-state index contributed by atoms with van der Waals surface area (Å²) in [5.41, 5.74) is 5.91. The van der Waals surface area contributed by atoms with Crippen molar-refractivity contribution < 1.29 is 13.9 Å². The number of esters is 1. The zero-order chi connectivity index (χ0) is 12.8. The molecule has 17 heavy (non-hydrogen) atoms. The Kier molecular flexibility index (Phi) is 6.22. The van der Waals surface area contributed by atoms with Gasteiger partial charge in [-0.15, -0.1) is 0 Å². The highest BCUT2D eigenvalue weighted by molar-refractivity contribution is 9.13. The molecule has 0 amide bonds. The van der Waals surface area contributed by atoms with Crippen molar-refractivity contribution in [1.29, 1.82) is 0 Å². The molecule has 6 heteroatoms. The van der Waals surface area contributed by atoms with Gasteiger partial charge in [-0.1, -0.05) is 0 Å². The lowest BCUT2D eigenvalue weighted by Gasteiger charge is -2.08. The van der Waals surface area contributed by atoms with Gasteiger partial charge in [0.2, 0.25) is 0 Å². The molecule has 4 nitrogen and oxygen atoms in total. The predicted molar refractivity (Wildman–Crippen MR) is 71.7 cm³/mol. The summed E-state index contributed by atoms with van der Waals surface area (Å²) in [5.74, 6) is 0.588. The van der Waals surface area contributed by atoms with Crippen LogP contribution in [0.2, 0.25) is 0 Å². The largest absolute Gasteiger partial charge is 0.466 e. The second kappa shape index (κ2) is 7.18. The second-order valence-electron chi connectivity index (χ2n) is 3.64. The van der Waals surface area contributed by atoms with Crippen molar-refractivity contribution in [3.8, 4) is 0 Å². The first-order chi connectivity index (χ1) is 8.02. The van der Waals surface area contributed by atoms with Gasteiger partial charge >= 0.3 is 5.97 Å². The summed E-state index contributed by atoms with van der Waals surface area (Å²) < 4.78 is 11.8. The van der Waals surface area contributed by atoms with Crippen LogP contribution >= 0.6 is 31.9 Å². The first-order valence-corrected chi connectivity index (χ1v) is 6.96. The zero-order valence-electron chi connectivity index (χ0n) is 9.54.